The molecule has 0 aliphatic heterocycles. The molecule has 15 heteroatoms. The van der Waals surface area contributed by atoms with Gasteiger partial charge in [0.05, 0.1) is 6.61 Å². The van der Waals surface area contributed by atoms with Crippen LogP contribution in [-0.2, 0) is 21.4 Å². The summed E-state index contributed by atoms with van der Waals surface area (Å²) in [5.74, 6) is -11.5. The lowest BCUT2D eigenvalue weighted by atomic mass is 10.0. The summed E-state index contributed by atoms with van der Waals surface area (Å²) in [6.45, 7) is 1.37. The fraction of sp³-hybridized carbons (Fsp3) is 0.172. The molecule has 4 rings (SSSR count). The maximum absolute atomic E-state index is 13.9. The van der Waals surface area contributed by atoms with E-state index < -0.39 is 46.4 Å². The first-order valence-electron chi connectivity index (χ1n) is 11.6. The standard InChI is InChI=1S/C13H7BrF3NO.C9H8BrF2NO2.C6H4BrF.CH4.B/c14-9-4-5-11(18-7-9)13(16,17)12(19)8-2-1-3-10(15)6-8;1-2-15-8(14)9(11,12)7-4-3-6(10)5-13-7;7-5-2-1-3-6(8)4-5;;/h1-7H;3-5H,2H2,1H3;1-4H;1H4;. The van der Waals surface area contributed by atoms with Gasteiger partial charge in [0.1, 0.15) is 23.0 Å². The Labute approximate surface area is 277 Å². The molecule has 0 aliphatic rings. The Bertz CT molecular complexity index is 1480. The third-order valence-corrected chi connectivity index (χ3v) is 6.22. The van der Waals surface area contributed by atoms with Gasteiger partial charge in [-0.15, -0.1) is 0 Å². The summed E-state index contributed by atoms with van der Waals surface area (Å²) in [5, 5.41) is 0. The molecule has 233 valence electrons. The molecule has 0 aliphatic carbocycles. The molecule has 0 spiro atoms. The highest BCUT2D eigenvalue weighted by Crippen LogP contribution is 2.31. The molecule has 0 saturated carbocycles. The molecule has 4 aromatic rings. The van der Waals surface area contributed by atoms with Crippen molar-refractivity contribution in [3.05, 3.63) is 127 Å². The Hall–Kier alpha value is -3.04. The highest BCUT2D eigenvalue weighted by Gasteiger charge is 2.44. The van der Waals surface area contributed by atoms with E-state index >= 15 is 0 Å². The molecule has 0 saturated heterocycles. The van der Waals surface area contributed by atoms with Crippen molar-refractivity contribution in [2.75, 3.05) is 6.61 Å². The largest absolute Gasteiger partial charge is 0.461 e. The second kappa shape index (κ2) is 18.7. The summed E-state index contributed by atoms with van der Waals surface area (Å²) in [7, 11) is 0. The topological polar surface area (TPSA) is 69.2 Å². The van der Waals surface area contributed by atoms with Crippen LogP contribution in [0.5, 0.6) is 0 Å². The molecular formula is C29H23BBr3F6N2O3. The quantitative estimate of drug-likeness (QED) is 0.0841. The van der Waals surface area contributed by atoms with Gasteiger partial charge in [-0.3, -0.25) is 14.8 Å². The van der Waals surface area contributed by atoms with Crippen molar-refractivity contribution in [2.45, 2.75) is 26.2 Å². The van der Waals surface area contributed by atoms with Crippen molar-refractivity contribution in [1.82, 2.24) is 9.97 Å². The number of aromatic nitrogens is 2. The molecule has 0 atom stereocenters. The van der Waals surface area contributed by atoms with Crippen LogP contribution < -0.4 is 0 Å². The molecule has 5 nitrogen and oxygen atoms in total. The van der Waals surface area contributed by atoms with E-state index in [4.69, 9.17) is 0 Å². The van der Waals surface area contributed by atoms with Crippen LogP contribution in [0.15, 0.2) is 98.6 Å². The van der Waals surface area contributed by atoms with Crippen LogP contribution in [0.25, 0.3) is 0 Å². The number of pyridine rings is 2. The summed E-state index contributed by atoms with van der Waals surface area (Å²) in [5.41, 5.74) is -1.69. The van der Waals surface area contributed by atoms with Crippen LogP contribution in [0.2, 0.25) is 0 Å². The van der Waals surface area contributed by atoms with Gasteiger partial charge in [0.2, 0.25) is 5.78 Å². The van der Waals surface area contributed by atoms with Gasteiger partial charge in [-0.05, 0) is 93.4 Å². The Morgan fingerprint density at radius 2 is 1.20 bits per heavy atom. The second-order valence-corrected chi connectivity index (χ2v) is 10.6. The number of carbonyl (C=O) groups excluding carboxylic acids is 2. The second-order valence-electron chi connectivity index (χ2n) is 7.87. The van der Waals surface area contributed by atoms with E-state index in [2.05, 4.69) is 62.5 Å². The predicted molar refractivity (Wildman–Crippen MR) is 166 cm³/mol. The highest BCUT2D eigenvalue weighted by atomic mass is 79.9. The molecule has 44 heavy (non-hydrogen) atoms. The van der Waals surface area contributed by atoms with Crippen LogP contribution in [0.3, 0.4) is 0 Å². The number of ether oxygens (including phenoxy) is 1. The third kappa shape index (κ3) is 12.2. The van der Waals surface area contributed by atoms with Gasteiger partial charge in [0.25, 0.3) is 0 Å². The number of hydrogen-bond donors (Lipinski definition) is 0. The number of Topliss-reactive ketones (excluding diaryl/α,β-unsaturated/α-hetero) is 1. The highest BCUT2D eigenvalue weighted by molar-refractivity contribution is 9.11. The van der Waals surface area contributed by atoms with Gasteiger partial charge in [0.15, 0.2) is 0 Å². The summed E-state index contributed by atoms with van der Waals surface area (Å²) in [6.07, 6.45) is 2.37. The van der Waals surface area contributed by atoms with Gasteiger partial charge < -0.3 is 4.74 Å². The van der Waals surface area contributed by atoms with E-state index in [1.807, 2.05) is 0 Å². The van der Waals surface area contributed by atoms with Crippen molar-refractivity contribution in [1.29, 1.82) is 0 Å². The molecule has 0 N–H and O–H groups in total. The number of carbonyl (C=O) groups is 2. The zero-order valence-electron chi connectivity index (χ0n) is 21.9. The van der Waals surface area contributed by atoms with Crippen molar-refractivity contribution < 1.29 is 40.7 Å². The lowest BCUT2D eigenvalue weighted by Gasteiger charge is -2.14. The predicted octanol–water partition coefficient (Wildman–Crippen LogP) is 9.30. The molecule has 2 heterocycles. The number of hydrogen-bond acceptors (Lipinski definition) is 5. The lowest BCUT2D eigenvalue weighted by molar-refractivity contribution is -0.173. The number of benzene rings is 2. The first kappa shape index (κ1) is 41.0. The molecule has 0 amide bonds. The fourth-order valence-corrected chi connectivity index (χ4v) is 3.68. The number of halogens is 9. The van der Waals surface area contributed by atoms with E-state index in [1.165, 1.54) is 49.6 Å². The summed E-state index contributed by atoms with van der Waals surface area (Å²) < 4.78 is 85.7. The van der Waals surface area contributed by atoms with E-state index in [0.717, 1.165) is 34.8 Å². The Morgan fingerprint density at radius 1 is 0.727 bits per heavy atom. The zero-order valence-corrected chi connectivity index (χ0v) is 26.6. The minimum absolute atomic E-state index is 0. The average molecular weight is 812 g/mol. The van der Waals surface area contributed by atoms with Crippen LogP contribution in [0.4, 0.5) is 26.3 Å². The molecule has 2 aromatic heterocycles. The van der Waals surface area contributed by atoms with Gasteiger partial charge in [-0.1, -0.05) is 41.6 Å². The monoisotopic (exact) mass is 809 g/mol. The van der Waals surface area contributed by atoms with Crippen molar-refractivity contribution in [3.8, 4) is 0 Å². The van der Waals surface area contributed by atoms with E-state index in [0.29, 0.717) is 8.95 Å². The molecule has 3 radical (unpaired) electrons. The maximum atomic E-state index is 13.9. The number of esters is 1. The van der Waals surface area contributed by atoms with Crippen molar-refractivity contribution >= 4 is 68.0 Å². The lowest BCUT2D eigenvalue weighted by Crippen LogP contribution is -2.29. The first-order valence-corrected chi connectivity index (χ1v) is 13.9. The smallest absolute Gasteiger partial charge is 0.384 e. The molecular weight excluding hydrogens is 789 g/mol. The number of nitrogens with zero attached hydrogens (tertiary/aromatic N) is 2. The average Bonchev–Trinajstić information content (AvgIpc) is 2.94. The van der Waals surface area contributed by atoms with Crippen LogP contribution in [-0.4, -0.2) is 36.7 Å². The minimum Gasteiger partial charge on any atom is -0.461 e. The number of alkyl halides is 4. The van der Waals surface area contributed by atoms with Gasteiger partial charge in [-0.2, -0.15) is 17.6 Å². The third-order valence-electron chi connectivity index (χ3n) is 4.79. The number of ketones is 1. The summed E-state index contributed by atoms with van der Waals surface area (Å²) >= 11 is 9.24. The first-order chi connectivity index (χ1) is 19.7. The molecule has 2 aromatic carbocycles. The normalized spacial score (nSPS) is 10.4. The minimum atomic E-state index is -3.80. The molecule has 0 bridgehead atoms. The van der Waals surface area contributed by atoms with Gasteiger partial charge in [-0.25, -0.2) is 13.6 Å². The van der Waals surface area contributed by atoms with Gasteiger partial charge in [0, 0.05) is 39.8 Å². The Kier molecular flexibility index (Phi) is 17.4. The van der Waals surface area contributed by atoms with Gasteiger partial charge >= 0.3 is 17.8 Å². The maximum Gasteiger partial charge on any atom is 0.384 e. The SMILES string of the molecule is C.CCOC(=O)C(F)(F)c1ccc(Br)cn1.Fc1cccc(Br)c1.O=C(c1cccc(F)c1)C(F)(F)c1ccc(Br)cn1.[B]. The zero-order chi connectivity index (χ0) is 31.5. The van der Waals surface area contributed by atoms with Crippen LogP contribution >= 0.6 is 47.8 Å². The van der Waals surface area contributed by atoms with Crippen molar-refractivity contribution in [3.63, 3.8) is 0 Å². The Morgan fingerprint density at radius 3 is 1.59 bits per heavy atom. The molecule has 0 unspecified atom stereocenters. The Balaban J connectivity index is 0.000000662. The summed E-state index contributed by atoms with van der Waals surface area (Å²) in [6, 6.07) is 15.3. The summed E-state index contributed by atoms with van der Waals surface area (Å²) in [4.78, 5) is 29.6. The van der Waals surface area contributed by atoms with E-state index in [9.17, 15) is 35.9 Å². The number of rotatable bonds is 6. The van der Waals surface area contributed by atoms with Crippen LogP contribution in [0, 0.1) is 11.6 Å². The van der Waals surface area contributed by atoms with Crippen LogP contribution in [0.1, 0.15) is 36.1 Å². The van der Waals surface area contributed by atoms with E-state index in [-0.39, 0.29) is 28.3 Å². The molecule has 0 fully saturated rings. The fourth-order valence-electron chi connectivity index (χ4n) is 2.84. The van der Waals surface area contributed by atoms with E-state index in [1.54, 1.807) is 12.1 Å². The van der Waals surface area contributed by atoms with Crippen molar-refractivity contribution in [2.24, 2.45) is 0 Å².